The second-order valence-corrected chi connectivity index (χ2v) is 7.33. The van der Waals surface area contributed by atoms with Gasteiger partial charge < -0.3 is 20.6 Å². The maximum Gasteiger partial charge on any atom is 0.317 e. The van der Waals surface area contributed by atoms with Gasteiger partial charge in [0.2, 0.25) is 5.91 Å². The largest absolute Gasteiger partial charge is 0.481 e. The first-order valence-electron chi connectivity index (χ1n) is 8.93. The zero-order valence-corrected chi connectivity index (χ0v) is 14.5. The van der Waals surface area contributed by atoms with E-state index in [0.29, 0.717) is 38.4 Å². The summed E-state index contributed by atoms with van der Waals surface area (Å²) in [7, 11) is 0. The number of urea groups is 1. The Labute approximate surface area is 143 Å². The highest BCUT2D eigenvalue weighted by molar-refractivity contribution is 5.79. The van der Waals surface area contributed by atoms with Crippen LogP contribution in [0.3, 0.4) is 0 Å². The molecule has 0 aromatic carbocycles. The van der Waals surface area contributed by atoms with Gasteiger partial charge in [-0.1, -0.05) is 19.3 Å². The number of carboxylic acid groups (broad SMARTS) is 1. The van der Waals surface area contributed by atoms with Crippen molar-refractivity contribution in [3.05, 3.63) is 0 Å². The summed E-state index contributed by atoms with van der Waals surface area (Å²) in [5.41, 5.74) is -0.856. The second kappa shape index (κ2) is 8.35. The van der Waals surface area contributed by atoms with E-state index in [0.717, 1.165) is 12.8 Å². The topological polar surface area (TPSA) is 98.7 Å². The minimum absolute atomic E-state index is 0.0516. The van der Waals surface area contributed by atoms with Gasteiger partial charge in [0.1, 0.15) is 0 Å². The summed E-state index contributed by atoms with van der Waals surface area (Å²) in [6.45, 7) is 3.09. The smallest absolute Gasteiger partial charge is 0.317 e. The number of carbonyl (C=O) groups excluding carboxylic acids is 2. The highest BCUT2D eigenvalue weighted by Crippen LogP contribution is 2.30. The number of carboxylic acids is 1. The van der Waals surface area contributed by atoms with E-state index >= 15 is 0 Å². The van der Waals surface area contributed by atoms with Gasteiger partial charge in [0.25, 0.3) is 0 Å². The lowest BCUT2D eigenvalue weighted by molar-refractivity contribution is -0.147. The molecule has 24 heavy (non-hydrogen) atoms. The van der Waals surface area contributed by atoms with Crippen molar-refractivity contribution in [2.75, 3.05) is 26.2 Å². The number of hydrogen-bond acceptors (Lipinski definition) is 3. The molecule has 136 valence electrons. The van der Waals surface area contributed by atoms with Crippen molar-refractivity contribution in [3.63, 3.8) is 0 Å². The molecule has 1 aliphatic heterocycles. The number of aliphatic carboxylic acids is 1. The van der Waals surface area contributed by atoms with Crippen LogP contribution >= 0.6 is 0 Å². The fourth-order valence-electron chi connectivity index (χ4n) is 3.52. The first kappa shape index (κ1) is 18.5. The zero-order chi connectivity index (χ0) is 17.6. The van der Waals surface area contributed by atoms with Gasteiger partial charge in [-0.15, -0.1) is 0 Å². The van der Waals surface area contributed by atoms with Crippen LogP contribution in [0.15, 0.2) is 0 Å². The van der Waals surface area contributed by atoms with Crippen molar-refractivity contribution in [1.82, 2.24) is 15.5 Å². The van der Waals surface area contributed by atoms with Crippen LogP contribution in [0, 0.1) is 11.3 Å². The quantitative estimate of drug-likeness (QED) is 0.640. The molecule has 0 radical (unpaired) electrons. The summed E-state index contributed by atoms with van der Waals surface area (Å²) in [6, 6.07) is -0.262. The molecule has 1 aliphatic carbocycles. The fraction of sp³-hybridized carbons (Fsp3) is 0.824. The Hall–Kier alpha value is -1.79. The lowest BCUT2D eigenvalue weighted by Gasteiger charge is -2.21. The maximum atomic E-state index is 12.0. The number of rotatable bonds is 6. The van der Waals surface area contributed by atoms with E-state index in [9.17, 15) is 19.5 Å². The Morgan fingerprint density at radius 1 is 1.12 bits per heavy atom. The summed E-state index contributed by atoms with van der Waals surface area (Å²) >= 11 is 0. The van der Waals surface area contributed by atoms with E-state index in [2.05, 4.69) is 10.6 Å². The van der Waals surface area contributed by atoms with Crippen molar-refractivity contribution in [3.8, 4) is 0 Å². The standard InChI is InChI=1S/C17H29N3O4/c1-17(15(22)23)7-10-20(12-17)16(24)19-9-8-18-14(21)11-13-5-3-2-4-6-13/h13H,2-12H2,1H3,(H,18,21)(H,19,24)(H,22,23). The lowest BCUT2D eigenvalue weighted by Crippen LogP contribution is -2.43. The number of nitrogens with one attached hydrogen (secondary N) is 2. The molecule has 3 N–H and O–H groups in total. The minimum atomic E-state index is -0.868. The Kier molecular flexibility index (Phi) is 6.45. The molecule has 7 heteroatoms. The van der Waals surface area contributed by atoms with Gasteiger partial charge in [-0.25, -0.2) is 4.79 Å². The molecule has 1 heterocycles. The minimum Gasteiger partial charge on any atom is -0.481 e. The van der Waals surface area contributed by atoms with Crippen molar-refractivity contribution in [2.24, 2.45) is 11.3 Å². The molecule has 2 aliphatic rings. The Bertz CT molecular complexity index is 476. The van der Waals surface area contributed by atoms with Crippen molar-refractivity contribution in [2.45, 2.75) is 51.9 Å². The molecule has 2 fully saturated rings. The van der Waals surface area contributed by atoms with Crippen LogP contribution < -0.4 is 10.6 Å². The van der Waals surface area contributed by atoms with Gasteiger partial charge in [-0.3, -0.25) is 9.59 Å². The Balaban J connectivity index is 1.59. The van der Waals surface area contributed by atoms with Crippen LogP contribution in [-0.4, -0.2) is 54.1 Å². The molecule has 1 atom stereocenters. The number of carbonyl (C=O) groups is 3. The molecule has 1 unspecified atom stereocenters. The molecule has 0 aromatic heterocycles. The number of amides is 3. The summed E-state index contributed by atoms with van der Waals surface area (Å²) in [5.74, 6) is -0.310. The maximum absolute atomic E-state index is 12.0. The van der Waals surface area contributed by atoms with Crippen molar-refractivity contribution >= 4 is 17.9 Å². The van der Waals surface area contributed by atoms with Gasteiger partial charge in [-0.05, 0) is 32.1 Å². The van der Waals surface area contributed by atoms with Gasteiger partial charge in [0.15, 0.2) is 0 Å². The third kappa shape index (κ3) is 5.11. The molecule has 3 amide bonds. The zero-order valence-electron chi connectivity index (χ0n) is 14.5. The summed E-state index contributed by atoms with van der Waals surface area (Å²) < 4.78 is 0. The highest BCUT2D eigenvalue weighted by Gasteiger charge is 2.42. The molecule has 1 saturated carbocycles. The summed E-state index contributed by atoms with van der Waals surface area (Å²) in [6.07, 6.45) is 7.05. The molecule has 7 nitrogen and oxygen atoms in total. The van der Waals surface area contributed by atoms with Crippen molar-refractivity contribution < 1.29 is 19.5 Å². The van der Waals surface area contributed by atoms with E-state index in [1.807, 2.05) is 0 Å². The summed E-state index contributed by atoms with van der Waals surface area (Å²) in [4.78, 5) is 36.6. The Morgan fingerprint density at radius 2 is 1.79 bits per heavy atom. The molecule has 2 rings (SSSR count). The van der Waals surface area contributed by atoms with Gasteiger partial charge in [0.05, 0.1) is 5.41 Å². The predicted molar refractivity (Wildman–Crippen MR) is 89.5 cm³/mol. The van der Waals surface area contributed by atoms with Crippen LogP contribution in [-0.2, 0) is 9.59 Å². The second-order valence-electron chi connectivity index (χ2n) is 7.33. The normalized spacial score (nSPS) is 24.6. The molecule has 0 aromatic rings. The van der Waals surface area contributed by atoms with Gasteiger partial charge >= 0.3 is 12.0 Å². The molecule has 0 bridgehead atoms. The molecule has 1 saturated heterocycles. The first-order chi connectivity index (χ1) is 11.4. The van der Waals surface area contributed by atoms with E-state index < -0.39 is 11.4 Å². The van der Waals surface area contributed by atoms with E-state index in [-0.39, 0.29) is 18.5 Å². The SMILES string of the molecule is CC1(C(=O)O)CCN(C(=O)NCCNC(=O)CC2CCCCC2)C1. The van der Waals surface area contributed by atoms with Crippen LogP contribution in [0.4, 0.5) is 4.79 Å². The van der Waals surface area contributed by atoms with Crippen LogP contribution in [0.25, 0.3) is 0 Å². The van der Waals surface area contributed by atoms with E-state index in [1.54, 1.807) is 6.92 Å². The summed E-state index contributed by atoms with van der Waals surface area (Å²) in [5, 5.41) is 14.8. The first-order valence-corrected chi connectivity index (χ1v) is 8.93. The average molecular weight is 339 g/mol. The predicted octanol–water partition coefficient (Wildman–Crippen LogP) is 1.58. The number of likely N-dealkylation sites (tertiary alicyclic amines) is 1. The van der Waals surface area contributed by atoms with Crippen molar-refractivity contribution in [1.29, 1.82) is 0 Å². The molecular formula is C17H29N3O4. The van der Waals surface area contributed by atoms with Gasteiger partial charge in [0, 0.05) is 32.6 Å². The molecule has 0 spiro atoms. The average Bonchev–Trinajstić information content (AvgIpc) is 2.96. The van der Waals surface area contributed by atoms with E-state index in [4.69, 9.17) is 0 Å². The fourth-order valence-corrected chi connectivity index (χ4v) is 3.52. The number of nitrogens with zero attached hydrogens (tertiary/aromatic N) is 1. The lowest BCUT2D eigenvalue weighted by atomic mass is 9.87. The third-order valence-electron chi connectivity index (χ3n) is 5.20. The third-order valence-corrected chi connectivity index (χ3v) is 5.20. The molecular weight excluding hydrogens is 310 g/mol. The van der Waals surface area contributed by atoms with E-state index in [1.165, 1.54) is 24.2 Å². The monoisotopic (exact) mass is 339 g/mol. The number of hydrogen-bond donors (Lipinski definition) is 3. The Morgan fingerprint density at radius 3 is 2.42 bits per heavy atom. The van der Waals surface area contributed by atoms with Crippen LogP contribution in [0.2, 0.25) is 0 Å². The van der Waals surface area contributed by atoms with Gasteiger partial charge in [-0.2, -0.15) is 0 Å². The van der Waals surface area contributed by atoms with Crippen LogP contribution in [0.5, 0.6) is 0 Å². The highest BCUT2D eigenvalue weighted by atomic mass is 16.4. The van der Waals surface area contributed by atoms with Crippen LogP contribution in [0.1, 0.15) is 51.9 Å².